The summed E-state index contributed by atoms with van der Waals surface area (Å²) in [5.41, 5.74) is 8.86. The van der Waals surface area contributed by atoms with Crippen LogP contribution in [0.2, 0.25) is 0 Å². The number of anilines is 1. The van der Waals surface area contributed by atoms with Gasteiger partial charge in [0, 0.05) is 18.0 Å². The number of imidazole rings is 1. The minimum atomic E-state index is -0.205. The summed E-state index contributed by atoms with van der Waals surface area (Å²) in [5, 5.41) is 0.897. The van der Waals surface area contributed by atoms with Crippen LogP contribution in [0.5, 0.6) is 0 Å². The molecule has 0 atom stereocenters. The Hall–Kier alpha value is -2.85. The Morgan fingerprint density at radius 2 is 2.23 bits per heavy atom. The fourth-order valence-corrected chi connectivity index (χ4v) is 2.62. The van der Waals surface area contributed by atoms with E-state index < -0.39 is 0 Å². The molecule has 0 saturated heterocycles. The smallest absolute Gasteiger partial charge is 0.326 e. The molecule has 0 unspecified atom stereocenters. The molecule has 0 bridgehead atoms. The average Bonchev–Trinajstić information content (AvgIpc) is 2.85. The third kappa shape index (κ3) is 2.19. The first-order chi connectivity index (χ1) is 10.7. The molecule has 3 aromatic rings. The van der Waals surface area contributed by atoms with Crippen LogP contribution in [0, 0.1) is 0 Å². The van der Waals surface area contributed by atoms with Gasteiger partial charge in [-0.15, -0.1) is 0 Å². The molecule has 0 aliphatic carbocycles. The third-order valence-corrected chi connectivity index (χ3v) is 3.69. The highest BCUT2D eigenvalue weighted by Crippen LogP contribution is 2.26. The maximum atomic E-state index is 12.3. The molecule has 0 amide bonds. The predicted octanol–water partition coefficient (Wildman–Crippen LogP) is 2.10. The Morgan fingerprint density at radius 3 is 2.95 bits per heavy atom. The monoisotopic (exact) mass is 295 g/mol. The summed E-state index contributed by atoms with van der Waals surface area (Å²) < 4.78 is 1.67. The molecule has 0 radical (unpaired) electrons. The van der Waals surface area contributed by atoms with Gasteiger partial charge in [0.05, 0.1) is 17.6 Å². The molecule has 22 heavy (non-hydrogen) atoms. The summed E-state index contributed by atoms with van der Waals surface area (Å²) in [6.07, 6.45) is 0.773. The van der Waals surface area contributed by atoms with Gasteiger partial charge in [0.2, 0.25) is 0 Å². The number of fused-ring (bicyclic) bond motifs is 3. The fraction of sp³-hybridized carbons (Fsp3) is 0.250. The van der Waals surface area contributed by atoms with E-state index in [1.807, 2.05) is 31.2 Å². The van der Waals surface area contributed by atoms with Crippen molar-refractivity contribution in [2.24, 2.45) is 4.99 Å². The Labute approximate surface area is 127 Å². The van der Waals surface area contributed by atoms with E-state index in [2.05, 4.69) is 20.8 Å². The zero-order valence-corrected chi connectivity index (χ0v) is 12.6. The molecule has 3 N–H and O–H groups in total. The normalized spacial score (nSPS) is 10.8. The molecular weight excluding hydrogens is 278 g/mol. The van der Waals surface area contributed by atoms with Crippen LogP contribution < -0.4 is 11.4 Å². The lowest BCUT2D eigenvalue weighted by molar-refractivity contribution is 0.758. The number of H-pyrrole nitrogens is 1. The van der Waals surface area contributed by atoms with Crippen LogP contribution in [-0.2, 0) is 6.54 Å². The summed E-state index contributed by atoms with van der Waals surface area (Å²) in [4.78, 5) is 23.4. The number of aromatic nitrogens is 3. The van der Waals surface area contributed by atoms with Crippen LogP contribution in [0.15, 0.2) is 39.6 Å². The molecule has 0 aliphatic rings. The predicted molar refractivity (Wildman–Crippen MR) is 89.4 cm³/mol. The molecule has 6 heteroatoms. The maximum absolute atomic E-state index is 12.3. The molecule has 0 fully saturated rings. The Bertz CT molecular complexity index is 973. The second kappa shape index (κ2) is 5.50. The van der Waals surface area contributed by atoms with Crippen LogP contribution in [0.4, 0.5) is 5.82 Å². The van der Waals surface area contributed by atoms with Gasteiger partial charge in [-0.25, -0.2) is 14.8 Å². The number of allylic oxidation sites excluding steroid dienone is 1. The Balaban J connectivity index is 2.37. The number of hydrogen-bond donors (Lipinski definition) is 2. The van der Waals surface area contributed by atoms with Crippen molar-refractivity contribution in [1.82, 2.24) is 14.5 Å². The molecule has 6 nitrogen and oxygen atoms in total. The minimum absolute atomic E-state index is 0.205. The highest BCUT2D eigenvalue weighted by Gasteiger charge is 2.15. The Morgan fingerprint density at radius 1 is 1.45 bits per heavy atom. The largest absolute Gasteiger partial charge is 0.382 e. The fourth-order valence-electron chi connectivity index (χ4n) is 2.62. The van der Waals surface area contributed by atoms with Crippen LogP contribution in [0.25, 0.3) is 21.9 Å². The van der Waals surface area contributed by atoms with Crippen molar-refractivity contribution in [3.8, 4) is 0 Å². The van der Waals surface area contributed by atoms with Gasteiger partial charge < -0.3 is 10.7 Å². The SMILES string of the molecule is CCC(=C=NC)Cn1c(=O)[nH]c2c(N)nc3ccccc3c21. The highest BCUT2D eigenvalue weighted by molar-refractivity contribution is 6.06. The van der Waals surface area contributed by atoms with Crippen molar-refractivity contribution in [3.63, 3.8) is 0 Å². The number of aromatic amines is 1. The van der Waals surface area contributed by atoms with Crippen molar-refractivity contribution < 1.29 is 0 Å². The first-order valence-electron chi connectivity index (χ1n) is 7.12. The van der Waals surface area contributed by atoms with Gasteiger partial charge in [-0.05, 0) is 18.4 Å². The molecule has 112 valence electrons. The maximum Gasteiger partial charge on any atom is 0.326 e. The van der Waals surface area contributed by atoms with Crippen molar-refractivity contribution in [2.45, 2.75) is 19.9 Å². The van der Waals surface area contributed by atoms with Crippen molar-refractivity contribution in [3.05, 3.63) is 40.3 Å². The van der Waals surface area contributed by atoms with Gasteiger partial charge >= 0.3 is 5.69 Å². The van der Waals surface area contributed by atoms with Crippen molar-refractivity contribution in [1.29, 1.82) is 0 Å². The van der Waals surface area contributed by atoms with Crippen LogP contribution in [0.1, 0.15) is 13.3 Å². The van der Waals surface area contributed by atoms with E-state index in [4.69, 9.17) is 5.73 Å². The number of benzene rings is 1. The van der Waals surface area contributed by atoms with E-state index in [-0.39, 0.29) is 5.69 Å². The number of rotatable bonds is 3. The van der Waals surface area contributed by atoms with E-state index in [1.54, 1.807) is 11.6 Å². The standard InChI is InChI=1S/C16H17N5O/c1-3-10(8-18-2)9-21-14-11-6-4-5-7-12(11)19-15(17)13(14)20-16(21)22/h4-7H,3,9H2,1-2H3,(H2,17,19)(H,20,22). The van der Waals surface area contributed by atoms with Gasteiger partial charge in [0.15, 0.2) is 0 Å². The number of nitrogens with one attached hydrogen (secondary N) is 1. The molecule has 2 heterocycles. The van der Waals surface area contributed by atoms with E-state index in [0.29, 0.717) is 17.9 Å². The third-order valence-electron chi connectivity index (χ3n) is 3.69. The quantitative estimate of drug-likeness (QED) is 0.725. The summed E-state index contributed by atoms with van der Waals surface area (Å²) in [6.45, 7) is 2.45. The second-order valence-electron chi connectivity index (χ2n) is 5.05. The number of nitrogens with zero attached hydrogens (tertiary/aromatic N) is 3. The first kappa shape index (κ1) is 14.1. The van der Waals surface area contributed by atoms with Gasteiger partial charge in [0.1, 0.15) is 11.3 Å². The lowest BCUT2D eigenvalue weighted by Gasteiger charge is -2.07. The number of nitrogens with two attached hydrogens (primary N) is 1. The van der Waals surface area contributed by atoms with E-state index >= 15 is 0 Å². The number of pyridine rings is 1. The van der Waals surface area contributed by atoms with E-state index in [0.717, 1.165) is 28.4 Å². The molecule has 0 aliphatic heterocycles. The number of para-hydroxylation sites is 1. The number of aliphatic imine (C=N–C) groups is 1. The summed E-state index contributed by atoms with van der Waals surface area (Å²) in [6, 6.07) is 7.65. The van der Waals surface area contributed by atoms with Crippen LogP contribution in [0.3, 0.4) is 0 Å². The van der Waals surface area contributed by atoms with E-state index in [9.17, 15) is 4.79 Å². The van der Waals surface area contributed by atoms with Crippen molar-refractivity contribution in [2.75, 3.05) is 12.8 Å². The summed E-state index contributed by atoms with van der Waals surface area (Å²) in [7, 11) is 1.67. The average molecular weight is 295 g/mol. The highest BCUT2D eigenvalue weighted by atomic mass is 16.1. The zero-order valence-electron chi connectivity index (χ0n) is 12.6. The molecule has 1 aromatic carbocycles. The summed E-state index contributed by atoms with van der Waals surface area (Å²) in [5.74, 6) is 3.28. The van der Waals surface area contributed by atoms with Gasteiger partial charge in [0.25, 0.3) is 0 Å². The van der Waals surface area contributed by atoms with Gasteiger partial charge in [-0.2, -0.15) is 0 Å². The zero-order chi connectivity index (χ0) is 15.7. The van der Waals surface area contributed by atoms with Gasteiger partial charge in [-0.1, -0.05) is 25.1 Å². The Kier molecular flexibility index (Phi) is 3.53. The number of nitrogen functional groups attached to an aromatic ring is 1. The lowest BCUT2D eigenvalue weighted by Crippen LogP contribution is -2.18. The molecule has 0 saturated carbocycles. The molecule has 0 spiro atoms. The number of hydrogen-bond acceptors (Lipinski definition) is 4. The molecule has 2 aromatic heterocycles. The van der Waals surface area contributed by atoms with Crippen LogP contribution >= 0.6 is 0 Å². The lowest BCUT2D eigenvalue weighted by atomic mass is 10.1. The van der Waals surface area contributed by atoms with E-state index in [1.165, 1.54) is 0 Å². The topological polar surface area (TPSA) is 89.1 Å². The van der Waals surface area contributed by atoms with Crippen LogP contribution in [-0.4, -0.2) is 27.5 Å². The molecule has 3 rings (SSSR count). The van der Waals surface area contributed by atoms with Gasteiger partial charge in [-0.3, -0.25) is 4.57 Å². The second-order valence-corrected chi connectivity index (χ2v) is 5.05. The summed E-state index contributed by atoms with van der Waals surface area (Å²) >= 11 is 0. The van der Waals surface area contributed by atoms with Crippen molar-refractivity contribution >= 4 is 33.6 Å². The molecular formula is C16H17N5O. The minimum Gasteiger partial charge on any atom is -0.382 e. The first-order valence-corrected chi connectivity index (χ1v) is 7.12.